The maximum absolute atomic E-state index is 11.0. The predicted molar refractivity (Wildman–Crippen MR) is 37.7 cm³/mol. The second-order valence-corrected chi connectivity index (χ2v) is 3.01. The van der Waals surface area contributed by atoms with Gasteiger partial charge in [-0.3, -0.25) is 4.79 Å². The average molecular weight is 152 g/mol. The minimum Gasteiger partial charge on any atom is -0.356 e. The van der Waals surface area contributed by atoms with Gasteiger partial charge in [0.15, 0.2) is 0 Å². The standard InChI is InChI=1S/C8H8O3/c1-7-3-2-6(9)8(10,11-7)5-4-7/h2-5,10H,1H3. The summed E-state index contributed by atoms with van der Waals surface area (Å²) in [5, 5.41) is 9.45. The largest absolute Gasteiger partial charge is 0.356 e. The second-order valence-electron chi connectivity index (χ2n) is 3.01. The van der Waals surface area contributed by atoms with Gasteiger partial charge in [0.05, 0.1) is 0 Å². The number of ketones is 1. The van der Waals surface area contributed by atoms with Crippen molar-refractivity contribution in [2.75, 3.05) is 0 Å². The molecular weight excluding hydrogens is 144 g/mol. The lowest BCUT2D eigenvalue weighted by Crippen LogP contribution is -2.43. The van der Waals surface area contributed by atoms with Gasteiger partial charge < -0.3 is 9.84 Å². The second kappa shape index (κ2) is 1.62. The monoisotopic (exact) mass is 152 g/mol. The van der Waals surface area contributed by atoms with Crippen molar-refractivity contribution in [2.24, 2.45) is 0 Å². The van der Waals surface area contributed by atoms with Crippen molar-refractivity contribution in [3.63, 3.8) is 0 Å². The van der Waals surface area contributed by atoms with Crippen LogP contribution in [0.25, 0.3) is 0 Å². The third kappa shape index (κ3) is 0.783. The molecule has 0 aromatic rings. The van der Waals surface area contributed by atoms with Crippen molar-refractivity contribution >= 4 is 5.78 Å². The molecule has 58 valence electrons. The van der Waals surface area contributed by atoms with E-state index in [-0.39, 0.29) is 0 Å². The topological polar surface area (TPSA) is 46.5 Å². The van der Waals surface area contributed by atoms with Crippen LogP contribution < -0.4 is 0 Å². The number of fused-ring (bicyclic) bond motifs is 2. The number of rotatable bonds is 0. The van der Waals surface area contributed by atoms with Gasteiger partial charge in [-0.05, 0) is 31.2 Å². The van der Waals surface area contributed by atoms with Crippen LogP contribution in [0.2, 0.25) is 0 Å². The van der Waals surface area contributed by atoms with Crippen LogP contribution in [-0.2, 0) is 9.53 Å². The summed E-state index contributed by atoms with van der Waals surface area (Å²) in [7, 11) is 0. The first-order chi connectivity index (χ1) is 5.04. The Morgan fingerprint density at radius 3 is 2.82 bits per heavy atom. The fourth-order valence-corrected chi connectivity index (χ4v) is 1.26. The highest BCUT2D eigenvalue weighted by Crippen LogP contribution is 2.34. The molecule has 0 amide bonds. The summed E-state index contributed by atoms with van der Waals surface area (Å²) < 4.78 is 5.09. The van der Waals surface area contributed by atoms with E-state index in [2.05, 4.69) is 0 Å². The SMILES string of the molecule is CC12C=CC(=O)C(O)(C=C1)O2. The molecule has 0 aromatic heterocycles. The molecule has 0 spiro atoms. The maximum atomic E-state index is 11.0. The van der Waals surface area contributed by atoms with Crippen molar-refractivity contribution in [1.82, 2.24) is 0 Å². The van der Waals surface area contributed by atoms with Crippen LogP contribution >= 0.6 is 0 Å². The van der Waals surface area contributed by atoms with Crippen molar-refractivity contribution < 1.29 is 14.6 Å². The van der Waals surface area contributed by atoms with Crippen LogP contribution in [0.15, 0.2) is 24.3 Å². The normalized spacial score (nSPS) is 46.9. The van der Waals surface area contributed by atoms with Gasteiger partial charge in [-0.1, -0.05) is 0 Å². The molecule has 2 bridgehead atoms. The van der Waals surface area contributed by atoms with E-state index in [1.165, 1.54) is 12.2 Å². The highest BCUT2D eigenvalue weighted by atomic mass is 16.6. The molecule has 2 atom stereocenters. The van der Waals surface area contributed by atoms with E-state index in [9.17, 15) is 9.90 Å². The summed E-state index contributed by atoms with van der Waals surface area (Å²) in [6.07, 6.45) is 6.04. The van der Waals surface area contributed by atoms with Crippen LogP contribution in [0, 0.1) is 0 Å². The van der Waals surface area contributed by atoms with Gasteiger partial charge in [-0.25, -0.2) is 0 Å². The van der Waals surface area contributed by atoms with Crippen LogP contribution in [-0.4, -0.2) is 22.3 Å². The molecule has 11 heavy (non-hydrogen) atoms. The molecule has 2 rings (SSSR count). The van der Waals surface area contributed by atoms with Gasteiger partial charge in [0, 0.05) is 0 Å². The molecule has 0 saturated carbocycles. The average Bonchev–Trinajstić information content (AvgIpc) is 2.20. The number of carbonyl (C=O) groups excluding carboxylic acids is 1. The molecule has 2 aliphatic rings. The van der Waals surface area contributed by atoms with Gasteiger partial charge in [0.1, 0.15) is 5.60 Å². The van der Waals surface area contributed by atoms with Gasteiger partial charge in [-0.2, -0.15) is 0 Å². The fraction of sp³-hybridized carbons (Fsp3) is 0.375. The Labute approximate surface area is 64.0 Å². The zero-order valence-electron chi connectivity index (χ0n) is 6.07. The third-order valence-electron chi connectivity index (χ3n) is 1.93. The molecule has 0 fully saturated rings. The molecule has 2 heterocycles. The van der Waals surface area contributed by atoms with Crippen molar-refractivity contribution in [1.29, 1.82) is 0 Å². The zero-order chi connectivity index (χ0) is 8.11. The lowest BCUT2D eigenvalue weighted by Gasteiger charge is -2.28. The van der Waals surface area contributed by atoms with Crippen LogP contribution in [0.4, 0.5) is 0 Å². The number of aliphatic hydroxyl groups is 1. The van der Waals surface area contributed by atoms with Crippen molar-refractivity contribution in [2.45, 2.75) is 18.3 Å². The lowest BCUT2D eigenvalue weighted by molar-refractivity contribution is -0.195. The Morgan fingerprint density at radius 1 is 1.45 bits per heavy atom. The number of ether oxygens (including phenoxy) is 1. The Kier molecular flexibility index (Phi) is 0.998. The molecule has 0 aliphatic carbocycles. The molecule has 1 N–H and O–H groups in total. The van der Waals surface area contributed by atoms with E-state index in [1.807, 2.05) is 0 Å². The van der Waals surface area contributed by atoms with Crippen LogP contribution in [0.5, 0.6) is 0 Å². The lowest BCUT2D eigenvalue weighted by atomic mass is 10.1. The van der Waals surface area contributed by atoms with Gasteiger partial charge >= 0.3 is 0 Å². The Bertz CT molecular complexity index is 279. The van der Waals surface area contributed by atoms with E-state index >= 15 is 0 Å². The molecule has 2 unspecified atom stereocenters. The van der Waals surface area contributed by atoms with Crippen molar-refractivity contribution in [3.8, 4) is 0 Å². The van der Waals surface area contributed by atoms with E-state index in [1.54, 1.807) is 19.1 Å². The molecular formula is C8H8O3. The highest BCUT2D eigenvalue weighted by molar-refractivity contribution is 5.99. The Hall–Kier alpha value is -0.930. The molecule has 0 aromatic carbocycles. The summed E-state index contributed by atoms with van der Waals surface area (Å²) >= 11 is 0. The quantitative estimate of drug-likeness (QED) is 0.503. The maximum Gasteiger partial charge on any atom is 0.252 e. The highest BCUT2D eigenvalue weighted by Gasteiger charge is 2.47. The zero-order valence-corrected chi connectivity index (χ0v) is 6.07. The first-order valence-electron chi connectivity index (χ1n) is 3.41. The number of hydrogen-bond acceptors (Lipinski definition) is 3. The molecule has 0 saturated heterocycles. The van der Waals surface area contributed by atoms with Crippen LogP contribution in [0.1, 0.15) is 6.92 Å². The van der Waals surface area contributed by atoms with Gasteiger partial charge in [0.25, 0.3) is 5.79 Å². The number of hydrogen-bond donors (Lipinski definition) is 1. The summed E-state index contributed by atoms with van der Waals surface area (Å²) in [5.74, 6) is -2.10. The van der Waals surface area contributed by atoms with E-state index in [0.717, 1.165) is 0 Å². The summed E-state index contributed by atoms with van der Waals surface area (Å²) in [5.41, 5.74) is -0.595. The third-order valence-corrected chi connectivity index (χ3v) is 1.93. The summed E-state index contributed by atoms with van der Waals surface area (Å²) in [6.45, 7) is 1.78. The first-order valence-corrected chi connectivity index (χ1v) is 3.41. The minimum absolute atomic E-state index is 0.413. The smallest absolute Gasteiger partial charge is 0.252 e. The van der Waals surface area contributed by atoms with Gasteiger partial charge in [0.2, 0.25) is 5.78 Å². The Morgan fingerprint density at radius 2 is 2.18 bits per heavy atom. The van der Waals surface area contributed by atoms with Gasteiger partial charge in [-0.15, -0.1) is 0 Å². The van der Waals surface area contributed by atoms with Crippen molar-refractivity contribution in [3.05, 3.63) is 24.3 Å². The molecule has 2 aliphatic heterocycles. The Balaban J connectivity index is 2.52. The summed E-state index contributed by atoms with van der Waals surface area (Å²) in [4.78, 5) is 11.0. The predicted octanol–water partition coefficient (Wildman–Crippen LogP) is 0.159. The van der Waals surface area contributed by atoms with E-state index in [0.29, 0.717) is 0 Å². The molecule has 3 nitrogen and oxygen atoms in total. The molecule has 3 heteroatoms. The van der Waals surface area contributed by atoms with Crippen LogP contribution in [0.3, 0.4) is 0 Å². The van der Waals surface area contributed by atoms with E-state index in [4.69, 9.17) is 4.74 Å². The molecule has 0 radical (unpaired) electrons. The summed E-state index contributed by atoms with van der Waals surface area (Å²) in [6, 6.07) is 0. The van der Waals surface area contributed by atoms with E-state index < -0.39 is 17.2 Å². The number of carbonyl (C=O) groups is 1. The fourth-order valence-electron chi connectivity index (χ4n) is 1.26. The first kappa shape index (κ1) is 6.76. The minimum atomic E-state index is -1.69.